The highest BCUT2D eigenvalue weighted by atomic mass is 16.6. The van der Waals surface area contributed by atoms with Gasteiger partial charge in [0.2, 0.25) is 0 Å². The second-order valence-electron chi connectivity index (χ2n) is 6.52. The van der Waals surface area contributed by atoms with E-state index in [2.05, 4.69) is 24.3 Å². The van der Waals surface area contributed by atoms with Gasteiger partial charge in [-0.25, -0.2) is 4.79 Å². The maximum absolute atomic E-state index is 11.5. The fourth-order valence-electron chi connectivity index (χ4n) is 2.41. The summed E-state index contributed by atoms with van der Waals surface area (Å²) in [6, 6.07) is 0.711. The predicted molar refractivity (Wildman–Crippen MR) is 73.7 cm³/mol. The van der Waals surface area contributed by atoms with E-state index in [1.807, 2.05) is 20.8 Å². The molecule has 0 bridgehead atoms. The van der Waals surface area contributed by atoms with Crippen LogP contribution in [0.2, 0.25) is 0 Å². The molecule has 4 nitrogen and oxygen atoms in total. The van der Waals surface area contributed by atoms with Gasteiger partial charge in [0.1, 0.15) is 5.60 Å². The van der Waals surface area contributed by atoms with E-state index >= 15 is 0 Å². The molecule has 18 heavy (non-hydrogen) atoms. The number of nitrogens with zero attached hydrogens (tertiary/aromatic N) is 1. The zero-order valence-corrected chi connectivity index (χ0v) is 12.5. The maximum Gasteiger partial charge on any atom is 0.407 e. The summed E-state index contributed by atoms with van der Waals surface area (Å²) in [5.74, 6) is 0.605. The highest BCUT2D eigenvalue weighted by Gasteiger charge is 2.23. The Labute approximate surface area is 111 Å². The Balaban J connectivity index is 2.20. The van der Waals surface area contributed by atoms with Gasteiger partial charge in [-0.3, -0.25) is 0 Å². The Kier molecular flexibility index (Phi) is 5.45. The van der Waals surface area contributed by atoms with Crippen LogP contribution in [0, 0.1) is 5.92 Å². The lowest BCUT2D eigenvalue weighted by atomic mass is 9.85. The molecule has 0 radical (unpaired) electrons. The zero-order valence-electron chi connectivity index (χ0n) is 12.5. The minimum atomic E-state index is -0.410. The molecule has 0 aromatic carbocycles. The second-order valence-corrected chi connectivity index (χ2v) is 6.52. The van der Waals surface area contributed by atoms with Gasteiger partial charge < -0.3 is 15.0 Å². The molecule has 106 valence electrons. The van der Waals surface area contributed by atoms with Gasteiger partial charge in [0.15, 0.2) is 0 Å². The molecular formula is C14H28N2O2. The van der Waals surface area contributed by atoms with Gasteiger partial charge in [-0.15, -0.1) is 0 Å². The van der Waals surface area contributed by atoms with Crippen LogP contribution in [0.15, 0.2) is 0 Å². The lowest BCUT2D eigenvalue weighted by Gasteiger charge is -2.32. The van der Waals surface area contributed by atoms with Crippen molar-refractivity contribution in [2.45, 2.75) is 58.1 Å². The molecule has 1 rings (SSSR count). The van der Waals surface area contributed by atoms with Crippen molar-refractivity contribution in [3.63, 3.8) is 0 Å². The lowest BCUT2D eigenvalue weighted by Crippen LogP contribution is -2.38. The van der Waals surface area contributed by atoms with Crippen LogP contribution in [0.25, 0.3) is 0 Å². The first-order chi connectivity index (χ1) is 8.28. The number of carbonyl (C=O) groups excluding carboxylic acids is 1. The van der Waals surface area contributed by atoms with E-state index < -0.39 is 5.60 Å². The molecule has 0 saturated heterocycles. The van der Waals surface area contributed by atoms with Crippen LogP contribution in [-0.4, -0.2) is 43.3 Å². The fourth-order valence-corrected chi connectivity index (χ4v) is 2.41. The van der Waals surface area contributed by atoms with Gasteiger partial charge >= 0.3 is 6.09 Å². The SMILES string of the molecule is CN(C)C1CCC(CNC(=O)OC(C)(C)C)CC1. The monoisotopic (exact) mass is 256 g/mol. The highest BCUT2D eigenvalue weighted by molar-refractivity contribution is 5.67. The van der Waals surface area contributed by atoms with Crippen molar-refractivity contribution < 1.29 is 9.53 Å². The maximum atomic E-state index is 11.5. The summed E-state index contributed by atoms with van der Waals surface area (Å²) in [6.45, 7) is 6.40. The summed E-state index contributed by atoms with van der Waals surface area (Å²) in [4.78, 5) is 13.8. The van der Waals surface area contributed by atoms with Gasteiger partial charge in [-0.2, -0.15) is 0 Å². The first kappa shape index (κ1) is 15.3. The standard InChI is InChI=1S/C14H28N2O2/c1-14(2,3)18-13(17)15-10-11-6-8-12(9-7-11)16(4)5/h11-12H,6-10H2,1-5H3,(H,15,17). The number of amides is 1. The summed E-state index contributed by atoms with van der Waals surface area (Å²) in [6.07, 6.45) is 4.55. The van der Waals surface area contributed by atoms with Gasteiger partial charge in [0.05, 0.1) is 0 Å². The van der Waals surface area contributed by atoms with E-state index in [1.54, 1.807) is 0 Å². The summed E-state index contributed by atoms with van der Waals surface area (Å²) in [5, 5.41) is 2.88. The number of alkyl carbamates (subject to hydrolysis) is 1. The van der Waals surface area contributed by atoms with Crippen molar-refractivity contribution in [3.05, 3.63) is 0 Å². The van der Waals surface area contributed by atoms with Gasteiger partial charge in [-0.1, -0.05) is 0 Å². The summed E-state index contributed by atoms with van der Waals surface area (Å²) >= 11 is 0. The van der Waals surface area contributed by atoms with Crippen molar-refractivity contribution in [2.24, 2.45) is 5.92 Å². The average Bonchev–Trinajstić information content (AvgIpc) is 2.24. The van der Waals surface area contributed by atoms with Crippen LogP contribution in [-0.2, 0) is 4.74 Å². The van der Waals surface area contributed by atoms with E-state index in [1.165, 1.54) is 25.7 Å². The molecule has 1 aliphatic rings. The van der Waals surface area contributed by atoms with Crippen molar-refractivity contribution in [1.29, 1.82) is 0 Å². The Morgan fingerprint density at radius 2 is 1.78 bits per heavy atom. The molecule has 0 aromatic heterocycles. The number of rotatable bonds is 3. The van der Waals surface area contributed by atoms with E-state index in [9.17, 15) is 4.79 Å². The minimum absolute atomic E-state index is 0.294. The first-order valence-corrected chi connectivity index (χ1v) is 6.91. The highest BCUT2D eigenvalue weighted by Crippen LogP contribution is 2.25. The summed E-state index contributed by atoms with van der Waals surface area (Å²) in [5.41, 5.74) is -0.410. The number of carbonyl (C=O) groups is 1. The third kappa shape index (κ3) is 5.71. The van der Waals surface area contributed by atoms with Crippen molar-refractivity contribution in [1.82, 2.24) is 10.2 Å². The van der Waals surface area contributed by atoms with Crippen LogP contribution in [0.1, 0.15) is 46.5 Å². The fraction of sp³-hybridized carbons (Fsp3) is 0.929. The Morgan fingerprint density at radius 3 is 2.22 bits per heavy atom. The molecule has 1 saturated carbocycles. The topological polar surface area (TPSA) is 41.6 Å². The normalized spacial score (nSPS) is 25.0. The molecule has 0 unspecified atom stereocenters. The Morgan fingerprint density at radius 1 is 1.22 bits per heavy atom. The largest absolute Gasteiger partial charge is 0.444 e. The molecular weight excluding hydrogens is 228 g/mol. The van der Waals surface area contributed by atoms with Gasteiger partial charge in [-0.05, 0) is 66.5 Å². The van der Waals surface area contributed by atoms with Crippen LogP contribution in [0.4, 0.5) is 4.79 Å². The predicted octanol–water partition coefficient (Wildman–Crippen LogP) is 2.63. The van der Waals surface area contributed by atoms with Crippen molar-refractivity contribution in [2.75, 3.05) is 20.6 Å². The van der Waals surface area contributed by atoms with Crippen LogP contribution in [0.5, 0.6) is 0 Å². The third-order valence-electron chi connectivity index (χ3n) is 3.48. The van der Waals surface area contributed by atoms with Gasteiger partial charge in [0.25, 0.3) is 0 Å². The molecule has 0 heterocycles. The first-order valence-electron chi connectivity index (χ1n) is 6.91. The molecule has 1 aliphatic carbocycles. The number of hydrogen-bond donors (Lipinski definition) is 1. The van der Waals surface area contributed by atoms with Crippen LogP contribution in [0.3, 0.4) is 0 Å². The molecule has 1 fully saturated rings. The molecule has 0 aliphatic heterocycles. The van der Waals surface area contributed by atoms with E-state index in [-0.39, 0.29) is 6.09 Å². The number of hydrogen-bond acceptors (Lipinski definition) is 3. The van der Waals surface area contributed by atoms with Crippen molar-refractivity contribution in [3.8, 4) is 0 Å². The summed E-state index contributed by atoms with van der Waals surface area (Å²) in [7, 11) is 4.29. The minimum Gasteiger partial charge on any atom is -0.444 e. The van der Waals surface area contributed by atoms with Crippen LogP contribution >= 0.6 is 0 Å². The molecule has 0 aromatic rings. The smallest absolute Gasteiger partial charge is 0.407 e. The second kappa shape index (κ2) is 6.41. The van der Waals surface area contributed by atoms with E-state index in [0.717, 1.165) is 6.54 Å². The van der Waals surface area contributed by atoms with Crippen molar-refractivity contribution >= 4 is 6.09 Å². The van der Waals surface area contributed by atoms with Crippen LogP contribution < -0.4 is 5.32 Å². The summed E-state index contributed by atoms with van der Waals surface area (Å²) < 4.78 is 5.23. The van der Waals surface area contributed by atoms with E-state index in [0.29, 0.717) is 12.0 Å². The molecule has 4 heteroatoms. The molecule has 1 amide bonds. The Hall–Kier alpha value is -0.770. The number of ether oxygens (including phenoxy) is 1. The lowest BCUT2D eigenvalue weighted by molar-refractivity contribution is 0.0512. The molecule has 1 N–H and O–H groups in total. The molecule has 0 spiro atoms. The average molecular weight is 256 g/mol. The zero-order chi connectivity index (χ0) is 13.8. The van der Waals surface area contributed by atoms with Gasteiger partial charge in [0, 0.05) is 12.6 Å². The molecule has 0 atom stereocenters. The number of nitrogens with one attached hydrogen (secondary N) is 1. The third-order valence-corrected chi connectivity index (χ3v) is 3.48. The quantitative estimate of drug-likeness (QED) is 0.844. The van der Waals surface area contributed by atoms with E-state index in [4.69, 9.17) is 4.74 Å². The Bertz CT molecular complexity index is 263.